The van der Waals surface area contributed by atoms with E-state index in [1.165, 1.54) is 23.8 Å². The summed E-state index contributed by atoms with van der Waals surface area (Å²) in [7, 11) is 1.35. The minimum atomic E-state index is -0.841. The van der Waals surface area contributed by atoms with Crippen molar-refractivity contribution in [3.05, 3.63) is 99.7 Å². The fraction of sp³-hybridized carbons (Fsp3) is 0.208. The van der Waals surface area contributed by atoms with E-state index in [-0.39, 0.29) is 28.1 Å². The molecule has 0 N–H and O–H groups in total. The zero-order valence-electron chi connectivity index (χ0n) is 19.0. The van der Waals surface area contributed by atoms with Crippen LogP contribution in [0.2, 0.25) is 5.02 Å². The molecule has 3 aromatic rings. The molecule has 1 aliphatic rings. The van der Waals surface area contributed by atoms with E-state index in [1.54, 1.807) is 50.3 Å². The summed E-state index contributed by atoms with van der Waals surface area (Å²) in [6.07, 6.45) is 1.54. The summed E-state index contributed by atoms with van der Waals surface area (Å²) < 4.78 is 12.0. The molecule has 2 aromatic carbocycles. The van der Waals surface area contributed by atoms with Gasteiger partial charge in [-0.1, -0.05) is 47.2 Å². The molecule has 0 saturated heterocycles. The second-order valence-corrected chi connectivity index (χ2v) is 8.93. The molecule has 0 aliphatic carbocycles. The van der Waals surface area contributed by atoms with Crippen molar-refractivity contribution in [2.45, 2.75) is 19.9 Å². The number of nitrogens with zero attached hydrogens (tertiary/aromatic N) is 3. The maximum Gasteiger partial charge on any atom is 0.338 e. The molecule has 9 nitrogen and oxygen atoms in total. The molecule has 180 valence electrons. The number of carbonyl (C=O) groups excluding carboxylic acids is 1. The second kappa shape index (κ2) is 9.85. The summed E-state index contributed by atoms with van der Waals surface area (Å²) in [4.78, 5) is 42.2. The Bertz CT molecular complexity index is 1560. The van der Waals surface area contributed by atoms with E-state index in [4.69, 9.17) is 21.1 Å². The molecule has 1 atom stereocenters. The molecule has 4 rings (SSSR count). The van der Waals surface area contributed by atoms with Gasteiger partial charge in [0.2, 0.25) is 0 Å². The number of methoxy groups -OCH3 is 1. The van der Waals surface area contributed by atoms with Gasteiger partial charge in [0.05, 0.1) is 34.4 Å². The van der Waals surface area contributed by atoms with Gasteiger partial charge in [-0.25, -0.2) is 9.79 Å². The number of thiazole rings is 1. The van der Waals surface area contributed by atoms with E-state index >= 15 is 0 Å². The standard InChI is InChI=1S/C24H20ClN3O6S/c1-4-34-23(30)20-13(2)26-24-27(21(20)15-7-5-6-8-16(15)25)22(29)19(35-24)12-14-9-10-18(33-3)17(11-14)28(31)32/h5-12,21H,4H2,1-3H3/b19-12-/t21-/m1/s1. The van der Waals surface area contributed by atoms with Crippen molar-refractivity contribution in [2.24, 2.45) is 4.99 Å². The first kappa shape index (κ1) is 24.4. The number of aromatic nitrogens is 1. The first-order valence-electron chi connectivity index (χ1n) is 10.5. The lowest BCUT2D eigenvalue weighted by molar-refractivity contribution is -0.385. The van der Waals surface area contributed by atoms with Crippen molar-refractivity contribution in [2.75, 3.05) is 13.7 Å². The minimum Gasteiger partial charge on any atom is -0.490 e. The molecular weight excluding hydrogens is 494 g/mol. The van der Waals surface area contributed by atoms with Crippen LogP contribution in [0.3, 0.4) is 0 Å². The molecule has 2 heterocycles. The molecule has 0 unspecified atom stereocenters. The maximum absolute atomic E-state index is 13.6. The highest BCUT2D eigenvalue weighted by Gasteiger charge is 2.34. The highest BCUT2D eigenvalue weighted by atomic mass is 35.5. The van der Waals surface area contributed by atoms with Gasteiger partial charge in [0.25, 0.3) is 5.56 Å². The molecule has 0 amide bonds. The monoisotopic (exact) mass is 513 g/mol. The number of nitro benzene ring substituents is 1. The van der Waals surface area contributed by atoms with Crippen molar-refractivity contribution in [1.29, 1.82) is 0 Å². The van der Waals surface area contributed by atoms with Crippen LogP contribution in [0.15, 0.2) is 63.5 Å². The van der Waals surface area contributed by atoms with Crippen molar-refractivity contribution in [1.82, 2.24) is 4.57 Å². The summed E-state index contributed by atoms with van der Waals surface area (Å²) in [5.74, 6) is -0.472. The van der Waals surface area contributed by atoms with Crippen molar-refractivity contribution in [3.63, 3.8) is 0 Å². The van der Waals surface area contributed by atoms with E-state index in [2.05, 4.69) is 4.99 Å². The predicted molar refractivity (Wildman–Crippen MR) is 131 cm³/mol. The Morgan fingerprint density at radius 2 is 2.06 bits per heavy atom. The van der Waals surface area contributed by atoms with Gasteiger partial charge in [-0.05, 0) is 43.2 Å². The number of halogens is 1. The van der Waals surface area contributed by atoms with Gasteiger partial charge in [-0.2, -0.15) is 0 Å². The lowest BCUT2D eigenvalue weighted by Gasteiger charge is -2.25. The lowest BCUT2D eigenvalue weighted by atomic mass is 9.96. The minimum absolute atomic E-state index is 0.113. The van der Waals surface area contributed by atoms with E-state index in [9.17, 15) is 19.7 Å². The van der Waals surface area contributed by atoms with Crippen LogP contribution in [0.5, 0.6) is 5.75 Å². The number of nitro groups is 1. The van der Waals surface area contributed by atoms with Crippen LogP contribution in [0.4, 0.5) is 5.69 Å². The second-order valence-electron chi connectivity index (χ2n) is 7.51. The Balaban J connectivity index is 1.96. The molecule has 35 heavy (non-hydrogen) atoms. The first-order valence-corrected chi connectivity index (χ1v) is 11.7. The number of hydrogen-bond donors (Lipinski definition) is 0. The third-order valence-electron chi connectivity index (χ3n) is 5.41. The normalized spacial score (nSPS) is 15.4. The molecule has 1 aliphatic heterocycles. The predicted octanol–water partition coefficient (Wildman–Crippen LogP) is 3.37. The third-order valence-corrected chi connectivity index (χ3v) is 6.74. The van der Waals surface area contributed by atoms with Crippen LogP contribution in [0.1, 0.15) is 31.0 Å². The quantitative estimate of drug-likeness (QED) is 0.284. The van der Waals surface area contributed by atoms with E-state index < -0.39 is 22.5 Å². The van der Waals surface area contributed by atoms with Gasteiger partial charge in [0.1, 0.15) is 6.04 Å². The zero-order valence-corrected chi connectivity index (χ0v) is 20.6. The van der Waals surface area contributed by atoms with Crippen LogP contribution in [0.25, 0.3) is 6.08 Å². The Morgan fingerprint density at radius 3 is 2.71 bits per heavy atom. The average Bonchev–Trinajstić information content (AvgIpc) is 3.13. The van der Waals surface area contributed by atoms with Crippen LogP contribution in [-0.2, 0) is 9.53 Å². The Hall–Kier alpha value is -3.76. The highest BCUT2D eigenvalue weighted by molar-refractivity contribution is 7.07. The smallest absolute Gasteiger partial charge is 0.338 e. The van der Waals surface area contributed by atoms with Gasteiger partial charge in [-0.15, -0.1) is 0 Å². The van der Waals surface area contributed by atoms with Crippen molar-refractivity contribution >= 4 is 40.7 Å². The number of ether oxygens (including phenoxy) is 2. The molecule has 0 spiro atoms. The zero-order chi connectivity index (χ0) is 25.3. The molecule has 0 saturated carbocycles. The number of esters is 1. The van der Waals surface area contributed by atoms with Gasteiger partial charge in [-0.3, -0.25) is 19.5 Å². The van der Waals surface area contributed by atoms with E-state index in [0.717, 1.165) is 11.3 Å². The Labute approximate surface area is 208 Å². The van der Waals surface area contributed by atoms with Crippen LogP contribution in [0, 0.1) is 10.1 Å². The molecule has 0 bridgehead atoms. The van der Waals surface area contributed by atoms with Crippen molar-refractivity contribution < 1.29 is 19.2 Å². The highest BCUT2D eigenvalue weighted by Crippen LogP contribution is 2.34. The molecule has 1 aromatic heterocycles. The van der Waals surface area contributed by atoms with Gasteiger partial charge in [0.15, 0.2) is 10.6 Å². The SMILES string of the molecule is CCOC(=O)C1=C(C)N=c2s/c(=C\c3ccc(OC)c([N+](=O)[O-])c3)c(=O)n2[C@@H]1c1ccccc1Cl. The number of carbonyl (C=O) groups is 1. The van der Waals surface area contributed by atoms with Gasteiger partial charge >= 0.3 is 11.7 Å². The fourth-order valence-electron chi connectivity index (χ4n) is 3.87. The number of hydrogen-bond acceptors (Lipinski definition) is 8. The van der Waals surface area contributed by atoms with Crippen LogP contribution in [-0.4, -0.2) is 29.2 Å². The van der Waals surface area contributed by atoms with E-state index in [0.29, 0.717) is 26.6 Å². The topological polar surface area (TPSA) is 113 Å². The Kier molecular flexibility index (Phi) is 6.86. The van der Waals surface area contributed by atoms with Crippen LogP contribution < -0.4 is 19.6 Å². The summed E-state index contributed by atoms with van der Waals surface area (Å²) in [5, 5.41) is 11.8. The van der Waals surface area contributed by atoms with Crippen LogP contribution >= 0.6 is 22.9 Å². The summed E-state index contributed by atoms with van der Waals surface area (Å²) in [5.41, 5.74) is 1.01. The fourth-order valence-corrected chi connectivity index (χ4v) is 5.16. The molecule has 0 radical (unpaired) electrons. The molecule has 11 heteroatoms. The summed E-state index contributed by atoms with van der Waals surface area (Å²) in [6, 6.07) is 10.5. The largest absolute Gasteiger partial charge is 0.490 e. The van der Waals surface area contributed by atoms with Gasteiger partial charge in [0, 0.05) is 11.1 Å². The molecular formula is C24H20ClN3O6S. The third kappa shape index (κ3) is 4.50. The number of allylic oxidation sites excluding steroid dienone is 1. The number of fused-ring (bicyclic) bond motifs is 1. The van der Waals surface area contributed by atoms with Gasteiger partial charge < -0.3 is 9.47 Å². The summed E-state index contributed by atoms with van der Waals surface area (Å²) >= 11 is 7.60. The maximum atomic E-state index is 13.6. The van der Waals surface area contributed by atoms with E-state index in [1.807, 2.05) is 0 Å². The number of rotatable bonds is 6. The first-order chi connectivity index (χ1) is 16.8. The lowest BCUT2D eigenvalue weighted by Crippen LogP contribution is -2.40. The number of benzene rings is 2. The van der Waals surface area contributed by atoms with Crippen molar-refractivity contribution in [3.8, 4) is 5.75 Å². The average molecular weight is 514 g/mol. The molecule has 0 fully saturated rings. The Morgan fingerprint density at radius 1 is 1.31 bits per heavy atom. The summed E-state index contributed by atoms with van der Waals surface area (Å²) in [6.45, 7) is 3.53.